The number of aliphatic hydroxyl groups excluding tert-OH is 1. The first-order valence-electron chi connectivity index (χ1n) is 11.3. The van der Waals surface area contributed by atoms with Gasteiger partial charge in [-0.2, -0.15) is 11.3 Å². The molecule has 6 nitrogen and oxygen atoms in total. The third-order valence-corrected chi connectivity index (χ3v) is 8.84. The number of piperidine rings is 1. The summed E-state index contributed by atoms with van der Waals surface area (Å²) in [6.07, 6.45) is 2.52. The van der Waals surface area contributed by atoms with Crippen molar-refractivity contribution in [2.45, 2.75) is 36.7 Å². The molecule has 1 atom stereocenters. The van der Waals surface area contributed by atoms with Gasteiger partial charge in [0, 0.05) is 39.7 Å². The van der Waals surface area contributed by atoms with Crippen molar-refractivity contribution in [2.24, 2.45) is 5.41 Å². The molecule has 9 heteroatoms. The van der Waals surface area contributed by atoms with Crippen LogP contribution in [0.3, 0.4) is 0 Å². The first-order chi connectivity index (χ1) is 16.4. The second kappa shape index (κ2) is 11.3. The van der Waals surface area contributed by atoms with Crippen molar-refractivity contribution in [2.75, 3.05) is 32.5 Å². The number of carboxylic acid groups (broad SMARTS) is 1. The fourth-order valence-electron chi connectivity index (χ4n) is 4.59. The van der Waals surface area contributed by atoms with Crippen molar-refractivity contribution >= 4 is 51.6 Å². The van der Waals surface area contributed by atoms with Crippen LogP contribution in [0.1, 0.15) is 37.4 Å². The summed E-state index contributed by atoms with van der Waals surface area (Å²) < 4.78 is 5.32. The van der Waals surface area contributed by atoms with E-state index >= 15 is 0 Å². The van der Waals surface area contributed by atoms with E-state index in [2.05, 4.69) is 26.7 Å². The summed E-state index contributed by atoms with van der Waals surface area (Å²) in [6.45, 7) is 2.45. The van der Waals surface area contributed by atoms with E-state index in [0.717, 1.165) is 30.8 Å². The van der Waals surface area contributed by atoms with Gasteiger partial charge in [0.15, 0.2) is 0 Å². The van der Waals surface area contributed by atoms with Crippen LogP contribution in [-0.4, -0.2) is 58.6 Å². The number of carboxylic acids is 1. The quantitative estimate of drug-likeness (QED) is 0.330. The standard InChI is InChI=1S/C25H29ClN2O4S2/c1-32-17-2-3-21-19(14-17)23(20(26)15-27-21)22(29)4-6-25(24(30)31)7-9-28(10-8-25)11-13-34-18-5-12-33-16-18/h2-3,5,12,14-16,22,29H,4,6-11,13H2,1H3,(H,30,31)/t22-/m0/s1. The van der Waals surface area contributed by atoms with Crippen LogP contribution in [0.2, 0.25) is 5.02 Å². The number of methoxy groups -OCH3 is 1. The Morgan fingerprint density at radius 3 is 2.82 bits per heavy atom. The lowest BCUT2D eigenvalue weighted by Crippen LogP contribution is -2.45. The Morgan fingerprint density at radius 2 is 2.15 bits per heavy atom. The monoisotopic (exact) mass is 520 g/mol. The number of likely N-dealkylation sites (tertiary alicyclic amines) is 1. The molecule has 0 saturated carbocycles. The fourth-order valence-corrected chi connectivity index (χ4v) is 6.66. The lowest BCUT2D eigenvalue weighted by Gasteiger charge is -2.39. The molecule has 2 aromatic heterocycles. The largest absolute Gasteiger partial charge is 0.497 e. The summed E-state index contributed by atoms with van der Waals surface area (Å²) in [4.78, 5) is 20.3. The number of hydrogen-bond donors (Lipinski definition) is 2. The Kier molecular flexibility index (Phi) is 8.37. The molecule has 1 aliphatic rings. The number of nitrogens with zero attached hydrogens (tertiary/aromatic N) is 2. The SMILES string of the molecule is COc1ccc2ncc(Cl)c([C@@H](O)CCC3(C(=O)O)CCN(CCSc4ccsc4)CC3)c2c1. The average molecular weight is 521 g/mol. The number of aromatic nitrogens is 1. The highest BCUT2D eigenvalue weighted by molar-refractivity contribution is 7.99. The molecule has 182 valence electrons. The van der Waals surface area contributed by atoms with Gasteiger partial charge in [-0.05, 0) is 68.4 Å². The minimum Gasteiger partial charge on any atom is -0.497 e. The number of benzene rings is 1. The lowest BCUT2D eigenvalue weighted by molar-refractivity contribution is -0.153. The van der Waals surface area contributed by atoms with Gasteiger partial charge >= 0.3 is 5.97 Å². The predicted octanol–water partition coefficient (Wildman–Crippen LogP) is 5.73. The van der Waals surface area contributed by atoms with Crippen molar-refractivity contribution in [1.29, 1.82) is 0 Å². The molecule has 0 amide bonds. The van der Waals surface area contributed by atoms with Gasteiger partial charge in [0.2, 0.25) is 0 Å². The third kappa shape index (κ3) is 5.69. The van der Waals surface area contributed by atoms with E-state index in [1.165, 1.54) is 11.1 Å². The molecule has 3 aromatic rings. The summed E-state index contributed by atoms with van der Waals surface area (Å²) >= 11 is 9.97. The zero-order valence-corrected chi connectivity index (χ0v) is 21.5. The van der Waals surface area contributed by atoms with E-state index in [1.54, 1.807) is 18.4 Å². The Bertz CT molecular complexity index is 1120. The normalized spacial score (nSPS) is 17.0. The van der Waals surface area contributed by atoms with Gasteiger partial charge in [0.05, 0.1) is 29.2 Å². The summed E-state index contributed by atoms with van der Waals surface area (Å²) in [6, 6.07) is 7.57. The molecule has 1 aromatic carbocycles. The molecule has 1 aliphatic heterocycles. The molecule has 4 rings (SSSR count). The molecule has 34 heavy (non-hydrogen) atoms. The van der Waals surface area contributed by atoms with Gasteiger partial charge in [-0.1, -0.05) is 11.6 Å². The maximum atomic E-state index is 12.3. The van der Waals surface area contributed by atoms with E-state index in [-0.39, 0.29) is 0 Å². The first-order valence-corrected chi connectivity index (χ1v) is 13.6. The number of rotatable bonds is 10. The van der Waals surface area contributed by atoms with Gasteiger partial charge in [0.25, 0.3) is 0 Å². The van der Waals surface area contributed by atoms with Crippen LogP contribution in [0, 0.1) is 5.41 Å². The lowest BCUT2D eigenvalue weighted by atomic mass is 9.74. The molecular formula is C25H29ClN2O4S2. The summed E-state index contributed by atoms with van der Waals surface area (Å²) in [7, 11) is 1.58. The van der Waals surface area contributed by atoms with E-state index in [1.807, 2.05) is 30.0 Å². The Hall–Kier alpha value is -1.84. The van der Waals surface area contributed by atoms with Gasteiger partial charge < -0.3 is 19.8 Å². The van der Waals surface area contributed by atoms with Crippen LogP contribution < -0.4 is 4.74 Å². The number of thioether (sulfide) groups is 1. The molecule has 0 spiro atoms. The molecule has 1 fully saturated rings. The minimum absolute atomic E-state index is 0.316. The number of carbonyl (C=O) groups is 1. The van der Waals surface area contributed by atoms with Crippen LogP contribution in [0.15, 0.2) is 46.1 Å². The third-order valence-electron chi connectivity index (χ3n) is 6.74. The average Bonchev–Trinajstić information content (AvgIpc) is 3.36. The van der Waals surface area contributed by atoms with Gasteiger partial charge in [-0.15, -0.1) is 11.8 Å². The molecule has 0 radical (unpaired) electrons. The zero-order valence-electron chi connectivity index (χ0n) is 19.1. The molecule has 0 bridgehead atoms. The molecule has 3 heterocycles. The van der Waals surface area contributed by atoms with Crippen LogP contribution in [-0.2, 0) is 4.79 Å². The Balaban J connectivity index is 1.39. The fraction of sp³-hybridized carbons (Fsp3) is 0.440. The first kappa shape index (κ1) is 25.3. The Labute approximate surface area is 212 Å². The van der Waals surface area contributed by atoms with E-state index in [9.17, 15) is 15.0 Å². The number of ether oxygens (including phenoxy) is 1. The zero-order chi connectivity index (χ0) is 24.1. The number of aliphatic hydroxyl groups is 1. The maximum Gasteiger partial charge on any atom is 0.309 e. The van der Waals surface area contributed by atoms with Crippen LogP contribution in [0.5, 0.6) is 5.75 Å². The van der Waals surface area contributed by atoms with Crippen LogP contribution >= 0.6 is 34.7 Å². The summed E-state index contributed by atoms with van der Waals surface area (Å²) in [5.74, 6) is 0.864. The van der Waals surface area contributed by atoms with Crippen molar-refractivity contribution in [3.8, 4) is 5.75 Å². The number of halogens is 1. The van der Waals surface area contributed by atoms with E-state index < -0.39 is 17.5 Å². The number of hydrogen-bond acceptors (Lipinski definition) is 7. The summed E-state index contributed by atoms with van der Waals surface area (Å²) in [5, 5.41) is 26.5. The van der Waals surface area contributed by atoms with Crippen LogP contribution in [0.25, 0.3) is 10.9 Å². The highest BCUT2D eigenvalue weighted by Gasteiger charge is 2.41. The maximum absolute atomic E-state index is 12.3. The van der Waals surface area contributed by atoms with Crippen molar-refractivity contribution in [1.82, 2.24) is 9.88 Å². The van der Waals surface area contributed by atoms with Gasteiger partial charge in [-0.25, -0.2) is 0 Å². The van der Waals surface area contributed by atoms with Crippen LogP contribution in [0.4, 0.5) is 0 Å². The number of fused-ring (bicyclic) bond motifs is 1. The van der Waals surface area contributed by atoms with Crippen molar-refractivity contribution < 1.29 is 19.7 Å². The van der Waals surface area contributed by atoms with E-state index in [4.69, 9.17) is 16.3 Å². The molecular weight excluding hydrogens is 492 g/mol. The molecule has 0 aliphatic carbocycles. The number of aliphatic carboxylic acids is 1. The van der Waals surface area contributed by atoms with Crippen molar-refractivity contribution in [3.05, 3.63) is 51.8 Å². The molecule has 1 saturated heterocycles. The van der Waals surface area contributed by atoms with Crippen molar-refractivity contribution in [3.63, 3.8) is 0 Å². The smallest absolute Gasteiger partial charge is 0.309 e. The van der Waals surface area contributed by atoms with Gasteiger partial charge in [0.1, 0.15) is 5.75 Å². The molecule has 0 unspecified atom stereocenters. The minimum atomic E-state index is -0.888. The molecule has 2 N–H and O–H groups in total. The highest BCUT2D eigenvalue weighted by atomic mass is 35.5. The topological polar surface area (TPSA) is 82.9 Å². The number of thiophene rings is 1. The summed E-state index contributed by atoms with van der Waals surface area (Å²) in [5.41, 5.74) is 0.458. The second-order valence-corrected chi connectivity index (χ2v) is 11.0. The van der Waals surface area contributed by atoms with Gasteiger partial charge in [-0.3, -0.25) is 9.78 Å². The highest BCUT2D eigenvalue weighted by Crippen LogP contribution is 2.41. The predicted molar refractivity (Wildman–Crippen MR) is 138 cm³/mol. The van der Waals surface area contributed by atoms with E-state index in [0.29, 0.717) is 47.5 Å². The number of pyridine rings is 1. The second-order valence-electron chi connectivity index (χ2n) is 8.69. The Morgan fingerprint density at radius 1 is 1.35 bits per heavy atom.